The molecule has 0 spiro atoms. The third-order valence-electron chi connectivity index (χ3n) is 6.23. The fraction of sp³-hybridized carbons (Fsp3) is 1.00. The van der Waals surface area contributed by atoms with E-state index in [1.807, 2.05) is 0 Å². The quantitative estimate of drug-likeness (QED) is 0.349. The zero-order valence-electron chi connectivity index (χ0n) is 14.3. The van der Waals surface area contributed by atoms with Crippen LogP contribution in [0.5, 0.6) is 0 Å². The molecule has 0 aliphatic heterocycles. The maximum atomic E-state index is 5.88. The predicted octanol–water partition coefficient (Wildman–Crippen LogP) is 5.18. The molecule has 2 nitrogen and oxygen atoms in total. The number of hydrogen-bond acceptors (Lipinski definition) is 2. The van der Waals surface area contributed by atoms with Gasteiger partial charge >= 0.3 is 0 Å². The van der Waals surface area contributed by atoms with E-state index in [0.29, 0.717) is 6.04 Å². The molecule has 0 saturated heterocycles. The molecule has 124 valence electrons. The van der Waals surface area contributed by atoms with E-state index in [0.717, 1.165) is 17.8 Å². The zero-order chi connectivity index (χ0) is 14.9. The number of fused-ring (bicyclic) bond motifs is 1. The second-order valence-corrected chi connectivity index (χ2v) is 7.71. The lowest BCUT2D eigenvalue weighted by Gasteiger charge is -2.42. The molecule has 0 aromatic carbocycles. The first-order chi connectivity index (χ1) is 10.3. The van der Waals surface area contributed by atoms with Crippen LogP contribution in [-0.4, -0.2) is 6.04 Å². The van der Waals surface area contributed by atoms with E-state index >= 15 is 0 Å². The predicted molar refractivity (Wildman–Crippen MR) is 91.9 cm³/mol. The summed E-state index contributed by atoms with van der Waals surface area (Å²) >= 11 is 0. The summed E-state index contributed by atoms with van der Waals surface area (Å²) in [5.41, 5.74) is 3.17. The molecule has 4 atom stereocenters. The molecular formula is C19H38N2. The Labute approximate surface area is 132 Å². The first-order valence-corrected chi connectivity index (χ1v) is 9.81. The van der Waals surface area contributed by atoms with Crippen LogP contribution in [0.4, 0.5) is 0 Å². The zero-order valence-corrected chi connectivity index (χ0v) is 14.3. The van der Waals surface area contributed by atoms with Gasteiger partial charge in [0.05, 0.1) is 0 Å². The van der Waals surface area contributed by atoms with Gasteiger partial charge in [-0.15, -0.1) is 0 Å². The largest absolute Gasteiger partial charge is 0.271 e. The van der Waals surface area contributed by atoms with Crippen LogP contribution in [0.25, 0.3) is 0 Å². The summed E-state index contributed by atoms with van der Waals surface area (Å²) in [4.78, 5) is 0. The van der Waals surface area contributed by atoms with Gasteiger partial charge in [-0.3, -0.25) is 11.3 Å². The van der Waals surface area contributed by atoms with Crippen molar-refractivity contribution in [3.05, 3.63) is 0 Å². The van der Waals surface area contributed by atoms with Crippen LogP contribution in [0.2, 0.25) is 0 Å². The minimum atomic E-state index is 0.582. The molecule has 21 heavy (non-hydrogen) atoms. The van der Waals surface area contributed by atoms with Crippen molar-refractivity contribution in [2.45, 2.75) is 103 Å². The second-order valence-electron chi connectivity index (χ2n) is 7.71. The van der Waals surface area contributed by atoms with Gasteiger partial charge in [0, 0.05) is 6.04 Å². The molecule has 0 amide bonds. The van der Waals surface area contributed by atoms with E-state index < -0.39 is 0 Å². The van der Waals surface area contributed by atoms with E-state index in [-0.39, 0.29) is 0 Å². The summed E-state index contributed by atoms with van der Waals surface area (Å²) in [6, 6.07) is 0.582. The third-order valence-corrected chi connectivity index (χ3v) is 6.23. The molecule has 4 unspecified atom stereocenters. The molecule has 0 aromatic rings. The Balaban J connectivity index is 1.66. The maximum absolute atomic E-state index is 5.88. The Kier molecular flexibility index (Phi) is 8.10. The van der Waals surface area contributed by atoms with E-state index in [9.17, 15) is 0 Å². The fourth-order valence-electron chi connectivity index (χ4n) is 4.87. The van der Waals surface area contributed by atoms with Crippen molar-refractivity contribution in [3.63, 3.8) is 0 Å². The van der Waals surface area contributed by atoms with Crippen molar-refractivity contribution >= 4 is 0 Å². The first kappa shape index (κ1) is 17.3. The smallest absolute Gasteiger partial charge is 0.0238 e. The molecular weight excluding hydrogens is 256 g/mol. The van der Waals surface area contributed by atoms with E-state index in [1.165, 1.54) is 89.9 Å². The van der Waals surface area contributed by atoms with Crippen LogP contribution in [0.3, 0.4) is 0 Å². The molecule has 2 rings (SSSR count). The van der Waals surface area contributed by atoms with Gasteiger partial charge in [0.2, 0.25) is 0 Å². The molecule has 0 aromatic heterocycles. The van der Waals surface area contributed by atoms with Crippen LogP contribution in [0.1, 0.15) is 96.8 Å². The highest BCUT2D eigenvalue weighted by molar-refractivity contribution is 4.87. The molecule has 0 bridgehead atoms. The van der Waals surface area contributed by atoms with Gasteiger partial charge in [0.25, 0.3) is 0 Å². The van der Waals surface area contributed by atoms with Gasteiger partial charge < -0.3 is 0 Å². The first-order valence-electron chi connectivity index (χ1n) is 9.81. The van der Waals surface area contributed by atoms with Crippen molar-refractivity contribution in [2.75, 3.05) is 0 Å². The molecule has 2 aliphatic rings. The summed E-state index contributed by atoms with van der Waals surface area (Å²) in [6.45, 7) is 2.29. The maximum Gasteiger partial charge on any atom is 0.0238 e. The summed E-state index contributed by atoms with van der Waals surface area (Å²) < 4.78 is 0. The van der Waals surface area contributed by atoms with E-state index in [1.54, 1.807) is 0 Å². The molecule has 0 heterocycles. The average molecular weight is 295 g/mol. The molecule has 2 fully saturated rings. The Morgan fingerprint density at radius 2 is 1.62 bits per heavy atom. The Morgan fingerprint density at radius 1 is 0.905 bits per heavy atom. The Morgan fingerprint density at radius 3 is 2.38 bits per heavy atom. The topological polar surface area (TPSA) is 38.0 Å². The normalized spacial score (nSPS) is 30.9. The number of nitrogens with one attached hydrogen (secondary N) is 1. The monoisotopic (exact) mass is 294 g/mol. The number of hydrogen-bond donors (Lipinski definition) is 2. The van der Waals surface area contributed by atoms with Gasteiger partial charge in [-0.1, -0.05) is 71.1 Å². The van der Waals surface area contributed by atoms with Crippen LogP contribution < -0.4 is 11.3 Å². The standard InChI is InChI=1S/C19H38N2/c1-2-3-4-5-6-7-12-19(21-20)18-14-13-16-10-8-9-11-17(16)15-18/h16-19,21H,2-15,20H2,1H3. The van der Waals surface area contributed by atoms with Gasteiger partial charge in [-0.2, -0.15) is 0 Å². The Hall–Kier alpha value is -0.0800. The van der Waals surface area contributed by atoms with Gasteiger partial charge in [0.1, 0.15) is 0 Å². The molecule has 0 radical (unpaired) electrons. The number of nitrogens with two attached hydrogens (primary N) is 1. The minimum Gasteiger partial charge on any atom is -0.271 e. The SMILES string of the molecule is CCCCCCCCC(NN)C1CCC2CCCCC2C1. The highest BCUT2D eigenvalue weighted by Crippen LogP contribution is 2.43. The van der Waals surface area contributed by atoms with Crippen LogP contribution >= 0.6 is 0 Å². The second kappa shape index (κ2) is 9.84. The minimum absolute atomic E-state index is 0.582. The summed E-state index contributed by atoms with van der Waals surface area (Å²) in [5, 5.41) is 0. The molecule has 2 aliphatic carbocycles. The summed E-state index contributed by atoms with van der Waals surface area (Å²) in [7, 11) is 0. The lowest BCUT2D eigenvalue weighted by Crippen LogP contribution is -2.44. The Bertz CT molecular complexity index is 266. The van der Waals surface area contributed by atoms with E-state index in [4.69, 9.17) is 5.84 Å². The van der Waals surface area contributed by atoms with Gasteiger partial charge in [-0.05, 0) is 43.4 Å². The van der Waals surface area contributed by atoms with Gasteiger partial charge in [-0.25, -0.2) is 0 Å². The van der Waals surface area contributed by atoms with Crippen LogP contribution in [0.15, 0.2) is 0 Å². The number of rotatable bonds is 9. The van der Waals surface area contributed by atoms with Crippen LogP contribution in [0, 0.1) is 17.8 Å². The number of hydrazine groups is 1. The lowest BCUT2D eigenvalue weighted by molar-refractivity contribution is 0.106. The van der Waals surface area contributed by atoms with Crippen LogP contribution in [-0.2, 0) is 0 Å². The fourth-order valence-corrected chi connectivity index (χ4v) is 4.87. The summed E-state index contributed by atoms with van der Waals surface area (Å²) in [6.07, 6.45) is 20.0. The average Bonchev–Trinajstić information content (AvgIpc) is 2.54. The van der Waals surface area contributed by atoms with Crippen molar-refractivity contribution in [2.24, 2.45) is 23.6 Å². The third kappa shape index (κ3) is 5.56. The lowest BCUT2D eigenvalue weighted by atomic mass is 9.66. The van der Waals surface area contributed by atoms with Crippen molar-refractivity contribution in [3.8, 4) is 0 Å². The van der Waals surface area contributed by atoms with Crippen molar-refractivity contribution in [1.29, 1.82) is 0 Å². The summed E-state index contributed by atoms with van der Waals surface area (Å²) in [5.74, 6) is 8.82. The highest BCUT2D eigenvalue weighted by atomic mass is 15.2. The molecule has 3 N–H and O–H groups in total. The highest BCUT2D eigenvalue weighted by Gasteiger charge is 2.34. The van der Waals surface area contributed by atoms with E-state index in [2.05, 4.69) is 12.3 Å². The molecule has 2 heteroatoms. The van der Waals surface area contributed by atoms with Crippen molar-refractivity contribution < 1.29 is 0 Å². The number of unbranched alkanes of at least 4 members (excludes halogenated alkanes) is 5. The van der Waals surface area contributed by atoms with Gasteiger partial charge in [0.15, 0.2) is 0 Å². The van der Waals surface area contributed by atoms with Crippen molar-refractivity contribution in [1.82, 2.24) is 5.43 Å². The molecule has 2 saturated carbocycles.